The molecule has 7 heteroatoms. The van der Waals surface area contributed by atoms with Gasteiger partial charge in [0.05, 0.1) is 16.6 Å². The van der Waals surface area contributed by atoms with Gasteiger partial charge in [0.2, 0.25) is 0 Å². The van der Waals surface area contributed by atoms with Gasteiger partial charge < -0.3 is 9.84 Å². The average molecular weight is 277 g/mol. The molecule has 2 aromatic rings. The lowest BCUT2D eigenvalue weighted by molar-refractivity contribution is -0.384. The van der Waals surface area contributed by atoms with E-state index in [1.54, 1.807) is 0 Å². The predicted molar refractivity (Wildman–Crippen MR) is 66.5 cm³/mol. The van der Waals surface area contributed by atoms with Crippen LogP contribution in [0.2, 0.25) is 0 Å². The molecule has 0 saturated carbocycles. The molecule has 0 aliphatic rings. The zero-order valence-corrected chi connectivity index (χ0v) is 9.95. The van der Waals surface area contributed by atoms with Gasteiger partial charge in [-0.2, -0.15) is 0 Å². The predicted octanol–water partition coefficient (Wildman–Crippen LogP) is 3.22. The van der Waals surface area contributed by atoms with Crippen molar-refractivity contribution >= 4 is 11.7 Å². The molecule has 20 heavy (non-hydrogen) atoms. The van der Waals surface area contributed by atoms with E-state index in [0.717, 1.165) is 12.1 Å². The number of hydrogen-bond acceptors (Lipinski definition) is 4. The largest absolute Gasteiger partial charge is 0.478 e. The van der Waals surface area contributed by atoms with E-state index < -0.39 is 22.3 Å². The maximum atomic E-state index is 13.4. The number of rotatable bonds is 4. The minimum atomic E-state index is -1.38. The van der Waals surface area contributed by atoms with Crippen LogP contribution in [0.1, 0.15) is 10.4 Å². The Kier molecular flexibility index (Phi) is 3.60. The fourth-order valence-corrected chi connectivity index (χ4v) is 1.53. The van der Waals surface area contributed by atoms with Crippen LogP contribution in [0.4, 0.5) is 10.1 Å². The summed E-state index contributed by atoms with van der Waals surface area (Å²) in [5, 5.41) is 19.3. The van der Waals surface area contributed by atoms with Crippen molar-refractivity contribution in [2.45, 2.75) is 0 Å². The molecule has 0 amide bonds. The van der Waals surface area contributed by atoms with Crippen LogP contribution in [0.3, 0.4) is 0 Å². The Balaban J connectivity index is 2.26. The number of carboxylic acids is 1. The van der Waals surface area contributed by atoms with Gasteiger partial charge in [-0.25, -0.2) is 9.18 Å². The summed E-state index contributed by atoms with van der Waals surface area (Å²) in [6.45, 7) is 0. The second kappa shape index (κ2) is 5.35. The molecule has 0 aliphatic carbocycles. The number of nitrogens with zero attached hydrogens (tertiary/aromatic N) is 1. The van der Waals surface area contributed by atoms with Crippen molar-refractivity contribution in [3.63, 3.8) is 0 Å². The Bertz CT molecular complexity index is 686. The lowest BCUT2D eigenvalue weighted by Gasteiger charge is -2.06. The summed E-state index contributed by atoms with van der Waals surface area (Å²) in [4.78, 5) is 20.7. The first-order valence-electron chi connectivity index (χ1n) is 5.42. The molecule has 102 valence electrons. The Morgan fingerprint density at radius 3 is 2.50 bits per heavy atom. The van der Waals surface area contributed by atoms with Gasteiger partial charge in [0.15, 0.2) is 0 Å². The first kappa shape index (κ1) is 13.5. The number of nitro benzene ring substituents is 1. The fourth-order valence-electron chi connectivity index (χ4n) is 1.53. The van der Waals surface area contributed by atoms with E-state index in [1.807, 2.05) is 0 Å². The van der Waals surface area contributed by atoms with E-state index in [-0.39, 0.29) is 17.2 Å². The topological polar surface area (TPSA) is 89.7 Å². The van der Waals surface area contributed by atoms with Gasteiger partial charge in [0.1, 0.15) is 17.3 Å². The first-order chi connectivity index (χ1) is 9.47. The molecule has 0 saturated heterocycles. The number of non-ortho nitro benzene ring substituents is 1. The van der Waals surface area contributed by atoms with Crippen molar-refractivity contribution in [2.75, 3.05) is 0 Å². The molecular formula is C13H8FNO5. The third-order valence-corrected chi connectivity index (χ3v) is 2.44. The molecule has 2 aromatic carbocycles. The monoisotopic (exact) mass is 277 g/mol. The van der Waals surface area contributed by atoms with Crippen LogP contribution >= 0.6 is 0 Å². The van der Waals surface area contributed by atoms with Gasteiger partial charge in [-0.1, -0.05) is 6.07 Å². The molecule has 0 spiro atoms. The summed E-state index contributed by atoms with van der Waals surface area (Å²) in [6.07, 6.45) is 0. The standard InChI is InChI=1S/C13H8FNO5/c14-12-7-10(4-5-11(12)13(16)17)20-9-3-1-2-8(6-9)15(18)19/h1-7H,(H,16,17). The van der Waals surface area contributed by atoms with Crippen molar-refractivity contribution < 1.29 is 24.0 Å². The molecule has 6 nitrogen and oxygen atoms in total. The molecule has 0 fully saturated rings. The lowest BCUT2D eigenvalue weighted by Crippen LogP contribution is -2.00. The van der Waals surface area contributed by atoms with Gasteiger partial charge in [-0.05, 0) is 18.2 Å². The van der Waals surface area contributed by atoms with E-state index in [2.05, 4.69) is 0 Å². The summed E-state index contributed by atoms with van der Waals surface area (Å²) in [6, 6.07) is 8.60. The Morgan fingerprint density at radius 1 is 1.20 bits per heavy atom. The number of ether oxygens (including phenoxy) is 1. The minimum absolute atomic E-state index is 0.0491. The molecule has 0 aliphatic heterocycles. The van der Waals surface area contributed by atoms with Crippen molar-refractivity contribution in [1.82, 2.24) is 0 Å². The van der Waals surface area contributed by atoms with E-state index in [1.165, 1.54) is 30.3 Å². The number of benzene rings is 2. The van der Waals surface area contributed by atoms with Crippen molar-refractivity contribution in [2.24, 2.45) is 0 Å². The molecule has 0 unspecified atom stereocenters. The number of carbonyl (C=O) groups is 1. The lowest BCUT2D eigenvalue weighted by atomic mass is 10.2. The number of carboxylic acid groups (broad SMARTS) is 1. The van der Waals surface area contributed by atoms with Gasteiger partial charge >= 0.3 is 5.97 Å². The molecule has 0 radical (unpaired) electrons. The normalized spacial score (nSPS) is 10.1. The maximum absolute atomic E-state index is 13.4. The van der Waals surface area contributed by atoms with Crippen LogP contribution in [-0.4, -0.2) is 16.0 Å². The van der Waals surface area contributed by atoms with Crippen LogP contribution in [0.25, 0.3) is 0 Å². The smallest absolute Gasteiger partial charge is 0.338 e. The number of nitro groups is 1. The molecule has 0 bridgehead atoms. The number of halogens is 1. The van der Waals surface area contributed by atoms with Crippen LogP contribution < -0.4 is 4.74 Å². The van der Waals surface area contributed by atoms with E-state index in [0.29, 0.717) is 0 Å². The zero-order chi connectivity index (χ0) is 14.7. The maximum Gasteiger partial charge on any atom is 0.338 e. The third-order valence-electron chi connectivity index (χ3n) is 2.44. The highest BCUT2D eigenvalue weighted by Gasteiger charge is 2.12. The van der Waals surface area contributed by atoms with Crippen LogP contribution in [0, 0.1) is 15.9 Å². The van der Waals surface area contributed by atoms with Crippen LogP contribution in [-0.2, 0) is 0 Å². The molecule has 0 heterocycles. The van der Waals surface area contributed by atoms with Gasteiger partial charge in [-0.15, -0.1) is 0 Å². The van der Waals surface area contributed by atoms with Crippen molar-refractivity contribution in [1.29, 1.82) is 0 Å². The first-order valence-corrected chi connectivity index (χ1v) is 5.42. The Morgan fingerprint density at radius 2 is 1.90 bits per heavy atom. The number of aromatic carboxylic acids is 1. The highest BCUT2D eigenvalue weighted by molar-refractivity contribution is 5.88. The fraction of sp³-hybridized carbons (Fsp3) is 0. The van der Waals surface area contributed by atoms with Crippen molar-refractivity contribution in [3.8, 4) is 11.5 Å². The summed E-state index contributed by atoms with van der Waals surface area (Å²) in [5.74, 6) is -2.13. The van der Waals surface area contributed by atoms with Crippen LogP contribution in [0.5, 0.6) is 11.5 Å². The van der Waals surface area contributed by atoms with E-state index in [9.17, 15) is 19.3 Å². The van der Waals surface area contributed by atoms with Gasteiger partial charge in [0.25, 0.3) is 5.69 Å². The zero-order valence-electron chi connectivity index (χ0n) is 9.95. The third kappa shape index (κ3) is 2.89. The molecule has 2 rings (SSSR count). The summed E-state index contributed by atoms with van der Waals surface area (Å²) in [7, 11) is 0. The summed E-state index contributed by atoms with van der Waals surface area (Å²) < 4.78 is 18.7. The number of hydrogen-bond donors (Lipinski definition) is 1. The molecular weight excluding hydrogens is 269 g/mol. The molecule has 1 N–H and O–H groups in total. The second-order valence-electron chi connectivity index (χ2n) is 3.80. The Labute approximate surface area is 112 Å². The highest BCUT2D eigenvalue weighted by Crippen LogP contribution is 2.26. The second-order valence-corrected chi connectivity index (χ2v) is 3.80. The van der Waals surface area contributed by atoms with E-state index >= 15 is 0 Å². The quantitative estimate of drug-likeness (QED) is 0.684. The molecule has 0 atom stereocenters. The van der Waals surface area contributed by atoms with Crippen LogP contribution in [0.15, 0.2) is 42.5 Å². The minimum Gasteiger partial charge on any atom is -0.478 e. The molecule has 0 aromatic heterocycles. The van der Waals surface area contributed by atoms with Gasteiger partial charge in [-0.3, -0.25) is 10.1 Å². The van der Waals surface area contributed by atoms with E-state index in [4.69, 9.17) is 9.84 Å². The highest BCUT2D eigenvalue weighted by atomic mass is 19.1. The van der Waals surface area contributed by atoms with Crippen molar-refractivity contribution in [3.05, 3.63) is 64.0 Å². The Hall–Kier alpha value is -2.96. The average Bonchev–Trinajstić information content (AvgIpc) is 2.38. The summed E-state index contributed by atoms with van der Waals surface area (Å²) >= 11 is 0. The van der Waals surface area contributed by atoms with Gasteiger partial charge in [0, 0.05) is 12.1 Å². The SMILES string of the molecule is O=C(O)c1ccc(Oc2cccc([N+](=O)[O-])c2)cc1F. The summed E-state index contributed by atoms with van der Waals surface area (Å²) in [5.41, 5.74) is -0.637.